The van der Waals surface area contributed by atoms with Crippen molar-refractivity contribution in [2.24, 2.45) is 0 Å². The number of amides is 1. The maximum Gasteiger partial charge on any atom is 0.407 e. The van der Waals surface area contributed by atoms with Gasteiger partial charge in [-0.15, -0.1) is 0 Å². The third-order valence-electron chi connectivity index (χ3n) is 3.86. The standard InChI is InChI=1S/C21H38N4O4/c1-21(2,3)29-20(26)24-12-16-27-18-19-28-17-15-25(13-8-4-6-10-22)14-9-5-7-11-23/h4-9,12-19H2,1-3H3,(H,24,26). The van der Waals surface area contributed by atoms with Crippen LogP contribution < -0.4 is 5.32 Å². The van der Waals surface area contributed by atoms with Crippen molar-refractivity contribution < 1.29 is 19.0 Å². The van der Waals surface area contributed by atoms with Crippen molar-refractivity contribution in [1.82, 2.24) is 10.2 Å². The van der Waals surface area contributed by atoms with Gasteiger partial charge in [0, 0.05) is 25.9 Å². The Hall–Kier alpha value is -1.87. The molecule has 0 rings (SSSR count). The Morgan fingerprint density at radius 3 is 1.93 bits per heavy atom. The number of carbonyl (C=O) groups excluding carboxylic acids is 1. The van der Waals surface area contributed by atoms with Gasteiger partial charge in [0.15, 0.2) is 0 Å². The van der Waals surface area contributed by atoms with Gasteiger partial charge < -0.3 is 24.4 Å². The van der Waals surface area contributed by atoms with Crippen LogP contribution in [0, 0.1) is 22.7 Å². The topological polar surface area (TPSA) is 108 Å². The fraction of sp³-hybridized carbons (Fsp3) is 0.857. The van der Waals surface area contributed by atoms with Crippen molar-refractivity contribution in [3.8, 4) is 12.1 Å². The second kappa shape index (κ2) is 18.2. The molecular formula is C21H38N4O4. The summed E-state index contributed by atoms with van der Waals surface area (Å²) in [5.41, 5.74) is -0.502. The lowest BCUT2D eigenvalue weighted by atomic mass is 10.2. The van der Waals surface area contributed by atoms with E-state index in [0.717, 1.165) is 45.3 Å². The zero-order chi connectivity index (χ0) is 21.8. The molecule has 0 atom stereocenters. The number of nitrogens with one attached hydrogen (secondary N) is 1. The van der Waals surface area contributed by atoms with Crippen LogP contribution in [0.15, 0.2) is 0 Å². The van der Waals surface area contributed by atoms with Crippen LogP contribution in [0.5, 0.6) is 0 Å². The van der Waals surface area contributed by atoms with Gasteiger partial charge in [-0.3, -0.25) is 0 Å². The van der Waals surface area contributed by atoms with Gasteiger partial charge >= 0.3 is 6.09 Å². The van der Waals surface area contributed by atoms with Crippen LogP contribution in [-0.4, -0.2) is 69.2 Å². The van der Waals surface area contributed by atoms with Gasteiger partial charge in [0.2, 0.25) is 0 Å². The minimum absolute atomic E-state index is 0.397. The normalized spacial score (nSPS) is 11.1. The second-order valence-electron chi connectivity index (χ2n) is 7.73. The van der Waals surface area contributed by atoms with Crippen LogP contribution in [0.25, 0.3) is 0 Å². The van der Waals surface area contributed by atoms with Crippen molar-refractivity contribution in [1.29, 1.82) is 10.5 Å². The number of nitriles is 2. The molecule has 0 saturated carbocycles. The monoisotopic (exact) mass is 410 g/mol. The van der Waals surface area contributed by atoms with E-state index in [4.69, 9.17) is 24.7 Å². The highest BCUT2D eigenvalue weighted by atomic mass is 16.6. The van der Waals surface area contributed by atoms with Crippen LogP contribution in [-0.2, 0) is 14.2 Å². The van der Waals surface area contributed by atoms with Gasteiger partial charge in [-0.25, -0.2) is 4.79 Å². The van der Waals surface area contributed by atoms with E-state index >= 15 is 0 Å². The van der Waals surface area contributed by atoms with Crippen molar-refractivity contribution in [2.45, 2.75) is 64.9 Å². The molecule has 0 radical (unpaired) electrons. The highest BCUT2D eigenvalue weighted by molar-refractivity contribution is 5.67. The number of carbonyl (C=O) groups is 1. The molecule has 0 bridgehead atoms. The molecule has 0 aromatic heterocycles. The number of alkyl carbamates (subject to hydrolysis) is 1. The Bertz CT molecular complexity index is 472. The molecule has 0 aliphatic rings. The molecule has 8 nitrogen and oxygen atoms in total. The molecule has 1 amide bonds. The van der Waals surface area contributed by atoms with Crippen LogP contribution in [0.3, 0.4) is 0 Å². The molecule has 0 saturated heterocycles. The second-order valence-corrected chi connectivity index (χ2v) is 7.73. The minimum atomic E-state index is -0.502. The minimum Gasteiger partial charge on any atom is -0.444 e. The molecule has 0 aromatic carbocycles. The quantitative estimate of drug-likeness (QED) is 0.367. The molecule has 1 N–H and O–H groups in total. The average molecular weight is 411 g/mol. The fourth-order valence-corrected chi connectivity index (χ4v) is 2.47. The van der Waals surface area contributed by atoms with Crippen LogP contribution in [0.2, 0.25) is 0 Å². The maximum atomic E-state index is 11.5. The van der Waals surface area contributed by atoms with E-state index in [2.05, 4.69) is 22.4 Å². The lowest BCUT2D eigenvalue weighted by Gasteiger charge is -2.22. The summed E-state index contributed by atoms with van der Waals surface area (Å²) >= 11 is 0. The zero-order valence-electron chi connectivity index (χ0n) is 18.4. The predicted octanol–water partition coefficient (Wildman–Crippen LogP) is 3.23. The third-order valence-corrected chi connectivity index (χ3v) is 3.86. The summed E-state index contributed by atoms with van der Waals surface area (Å²) in [6.45, 7) is 10.6. The van der Waals surface area contributed by atoms with Crippen molar-refractivity contribution in [3.05, 3.63) is 0 Å². The SMILES string of the molecule is CC(C)(C)OC(=O)NCCOCCOCCN(CCCCC#N)CCCCC#N. The van der Waals surface area contributed by atoms with Crippen LogP contribution in [0.4, 0.5) is 4.79 Å². The summed E-state index contributed by atoms with van der Waals surface area (Å²) in [7, 11) is 0. The predicted molar refractivity (Wildman–Crippen MR) is 111 cm³/mol. The van der Waals surface area contributed by atoms with Gasteiger partial charge in [-0.05, 0) is 59.5 Å². The molecule has 0 fully saturated rings. The van der Waals surface area contributed by atoms with Crippen molar-refractivity contribution in [2.75, 3.05) is 52.6 Å². The highest BCUT2D eigenvalue weighted by Crippen LogP contribution is 2.06. The molecule has 8 heteroatoms. The first-order valence-corrected chi connectivity index (χ1v) is 10.5. The summed E-state index contributed by atoms with van der Waals surface area (Å²) < 4.78 is 16.2. The summed E-state index contributed by atoms with van der Waals surface area (Å²) in [5, 5.41) is 19.9. The average Bonchev–Trinajstić information content (AvgIpc) is 2.65. The molecule has 0 spiro atoms. The largest absolute Gasteiger partial charge is 0.444 e. The fourth-order valence-electron chi connectivity index (χ4n) is 2.47. The van der Waals surface area contributed by atoms with Crippen LogP contribution in [0.1, 0.15) is 59.3 Å². The molecule has 166 valence electrons. The van der Waals surface area contributed by atoms with E-state index in [1.54, 1.807) is 0 Å². The van der Waals surface area contributed by atoms with E-state index in [1.165, 1.54) is 0 Å². The summed E-state index contributed by atoms with van der Waals surface area (Å²) in [4.78, 5) is 13.8. The lowest BCUT2D eigenvalue weighted by molar-refractivity contribution is 0.0342. The first-order valence-electron chi connectivity index (χ1n) is 10.5. The van der Waals surface area contributed by atoms with Crippen molar-refractivity contribution >= 4 is 6.09 Å². The zero-order valence-corrected chi connectivity index (χ0v) is 18.4. The third kappa shape index (κ3) is 20.7. The Morgan fingerprint density at radius 1 is 0.862 bits per heavy atom. The first kappa shape index (κ1) is 27.1. The van der Waals surface area contributed by atoms with E-state index in [9.17, 15) is 4.79 Å². The Labute approximate surface area is 176 Å². The number of rotatable bonds is 17. The van der Waals surface area contributed by atoms with Gasteiger partial charge in [0.05, 0.1) is 38.6 Å². The molecule has 29 heavy (non-hydrogen) atoms. The number of unbranched alkanes of at least 4 members (excludes halogenated alkanes) is 4. The summed E-state index contributed by atoms with van der Waals surface area (Å²) in [5.74, 6) is 0. The Kier molecular flexibility index (Phi) is 17.0. The van der Waals surface area contributed by atoms with E-state index in [0.29, 0.717) is 45.8 Å². The molecule has 0 aliphatic carbocycles. The van der Waals surface area contributed by atoms with Gasteiger partial charge in [-0.2, -0.15) is 10.5 Å². The van der Waals surface area contributed by atoms with Crippen LogP contribution >= 0.6 is 0 Å². The maximum absolute atomic E-state index is 11.5. The molecule has 0 heterocycles. The molecular weight excluding hydrogens is 372 g/mol. The van der Waals surface area contributed by atoms with Gasteiger partial charge in [-0.1, -0.05) is 0 Å². The summed E-state index contributed by atoms with van der Waals surface area (Å²) in [6.07, 6.45) is 4.58. The smallest absolute Gasteiger partial charge is 0.407 e. The highest BCUT2D eigenvalue weighted by Gasteiger charge is 2.15. The number of hydrogen-bond acceptors (Lipinski definition) is 7. The molecule has 0 unspecified atom stereocenters. The Balaban J connectivity index is 3.72. The Morgan fingerprint density at radius 2 is 1.41 bits per heavy atom. The number of ether oxygens (including phenoxy) is 3. The van der Waals surface area contributed by atoms with Crippen molar-refractivity contribution in [3.63, 3.8) is 0 Å². The lowest BCUT2D eigenvalue weighted by Crippen LogP contribution is -2.34. The van der Waals surface area contributed by atoms with Gasteiger partial charge in [0.25, 0.3) is 0 Å². The van der Waals surface area contributed by atoms with Gasteiger partial charge in [0.1, 0.15) is 5.60 Å². The molecule has 0 aromatic rings. The van der Waals surface area contributed by atoms with E-state index < -0.39 is 11.7 Å². The first-order chi connectivity index (χ1) is 13.9. The van der Waals surface area contributed by atoms with E-state index in [1.807, 2.05) is 20.8 Å². The molecule has 0 aliphatic heterocycles. The number of hydrogen-bond donors (Lipinski definition) is 1. The summed E-state index contributed by atoms with van der Waals surface area (Å²) in [6, 6.07) is 4.35. The number of nitrogens with zero attached hydrogens (tertiary/aromatic N) is 3. The van der Waals surface area contributed by atoms with E-state index in [-0.39, 0.29) is 0 Å².